The number of terminal acetylenes is 1. The van der Waals surface area contributed by atoms with Crippen LogP contribution in [0.4, 0.5) is 11.4 Å². The van der Waals surface area contributed by atoms with E-state index in [4.69, 9.17) is 0 Å². The molecular weight excluding hydrogens is 1050 g/mol. The highest BCUT2D eigenvalue weighted by molar-refractivity contribution is 5.89. The first-order chi connectivity index (χ1) is 42.9. The van der Waals surface area contributed by atoms with Crippen LogP contribution in [0.1, 0.15) is 137 Å². The van der Waals surface area contributed by atoms with Gasteiger partial charge in [-0.25, -0.2) is 0 Å². The highest BCUT2D eigenvalue weighted by Crippen LogP contribution is 2.59. The fourth-order valence-electron chi connectivity index (χ4n) is 14.0. The number of benzene rings is 8. The van der Waals surface area contributed by atoms with Crippen molar-refractivity contribution in [3.8, 4) is 47.7 Å². The summed E-state index contributed by atoms with van der Waals surface area (Å²) in [5, 5.41) is 0. The third-order valence-corrected chi connectivity index (χ3v) is 17.4. The van der Waals surface area contributed by atoms with E-state index < -0.39 is 16.2 Å². The van der Waals surface area contributed by atoms with Crippen LogP contribution < -0.4 is 4.90 Å². The molecule has 4 aliphatic rings. The van der Waals surface area contributed by atoms with Crippen LogP contribution in [0, 0.1) is 36.5 Å². The molecule has 0 radical (unpaired) electrons. The summed E-state index contributed by atoms with van der Waals surface area (Å²) < 4.78 is 0. The summed E-state index contributed by atoms with van der Waals surface area (Å²) in [5.41, 5.74) is 30.7. The molecule has 0 N–H and O–H groups in total. The third kappa shape index (κ3) is 10.7. The number of fused-ring (bicyclic) bond motifs is 5. The molecule has 1 nitrogen and oxygen atoms in total. The summed E-state index contributed by atoms with van der Waals surface area (Å²) in [5.74, 6) is 13.4. The van der Waals surface area contributed by atoms with Crippen LogP contribution in [0.5, 0.6) is 0 Å². The summed E-state index contributed by atoms with van der Waals surface area (Å²) in [6.07, 6.45) is 27.7. The van der Waals surface area contributed by atoms with Crippen molar-refractivity contribution >= 4 is 22.5 Å². The third-order valence-electron chi connectivity index (χ3n) is 17.4. The lowest BCUT2D eigenvalue weighted by Crippen LogP contribution is -2.30. The van der Waals surface area contributed by atoms with Crippen molar-refractivity contribution in [2.24, 2.45) is 0 Å². The Labute approximate surface area is 520 Å². The monoisotopic (exact) mass is 1130 g/mol. The zero-order valence-corrected chi connectivity index (χ0v) is 52.2. The first-order valence-corrected chi connectivity index (χ1v) is 30.9. The van der Waals surface area contributed by atoms with E-state index in [1.165, 1.54) is 94.6 Å². The van der Waals surface area contributed by atoms with E-state index >= 15 is 0 Å². The van der Waals surface area contributed by atoms with E-state index in [2.05, 4.69) is 329 Å². The van der Waals surface area contributed by atoms with Gasteiger partial charge in [0.25, 0.3) is 0 Å². The summed E-state index contributed by atoms with van der Waals surface area (Å²) in [4.78, 5) is 2.43. The van der Waals surface area contributed by atoms with Gasteiger partial charge >= 0.3 is 0 Å². The fraction of sp³-hybridized carbons (Fsp3) is 0.186. The molecule has 0 fully saturated rings. The molecule has 0 spiro atoms. The van der Waals surface area contributed by atoms with Gasteiger partial charge in [0.15, 0.2) is 0 Å². The molecule has 87 heavy (non-hydrogen) atoms. The topological polar surface area (TPSA) is 3.24 Å². The van der Waals surface area contributed by atoms with Gasteiger partial charge in [-0.2, -0.15) is 0 Å². The Kier molecular flexibility index (Phi) is 20.0. The van der Waals surface area contributed by atoms with Gasteiger partial charge in [-0.15, -0.1) is 30.2 Å². The molecule has 0 heterocycles. The van der Waals surface area contributed by atoms with Crippen LogP contribution >= 0.6 is 0 Å². The van der Waals surface area contributed by atoms with Crippen molar-refractivity contribution in [2.45, 2.75) is 97.8 Å². The molecule has 2 unspecified atom stereocenters. The maximum Gasteiger partial charge on any atom is 0.0788 e. The van der Waals surface area contributed by atoms with Gasteiger partial charge < -0.3 is 4.90 Å². The number of nitrogens with zero attached hydrogens (tertiary/aromatic N) is 1. The van der Waals surface area contributed by atoms with E-state index in [0.717, 1.165) is 23.4 Å². The quantitative estimate of drug-likeness (QED) is 0.0596. The molecule has 0 amide bonds. The summed E-state index contributed by atoms with van der Waals surface area (Å²) in [6, 6.07) is 76.5. The van der Waals surface area contributed by atoms with Crippen LogP contribution in [-0.2, 0) is 16.2 Å². The lowest BCUT2D eigenvalue weighted by molar-refractivity contribution is 0.730. The minimum absolute atomic E-state index is 0.494. The van der Waals surface area contributed by atoms with Crippen molar-refractivity contribution in [1.29, 1.82) is 0 Å². The average molecular weight is 1130 g/mol. The smallest absolute Gasteiger partial charge is 0.0788 e. The highest BCUT2D eigenvalue weighted by atomic mass is 15.1. The van der Waals surface area contributed by atoms with Gasteiger partial charge in [-0.3, -0.25) is 0 Å². The Morgan fingerprint density at radius 2 is 1.08 bits per heavy atom. The second kappa shape index (κ2) is 28.2. The summed E-state index contributed by atoms with van der Waals surface area (Å²) >= 11 is 0. The van der Waals surface area contributed by atoms with Crippen molar-refractivity contribution < 1.29 is 0 Å². The molecular formula is C86H79N. The first-order valence-electron chi connectivity index (χ1n) is 30.9. The van der Waals surface area contributed by atoms with Gasteiger partial charge in [0.1, 0.15) is 0 Å². The molecule has 0 bridgehead atoms. The standard InChI is InChI=1S/C80H65N.2C2H6.C2H2/c1-6-9-39-69-59(5)78(61-32-17-13-18-33-61,75-46-26-22-41-70(69)75)64-49-53-66(54-50-64)81(57-30-29-38-60(31-8-3)79(62-36-19-14-20-37-62)73(44-10-7-2)58(4)68-40-21-25-45-74(68)79)67-55-51-65(52-56-67)80(63-34-15-11-12-16-35-63)76-47-27-23-42-71(76)72-43-24-28-48-77(72)80;3*1-2/h8,10-11,13-15,17-28,30,32-34,36-38,40-56H,7,35,39,57H2,1-5H3;2*1-2H3;1-2H/b44-10-;;;. The van der Waals surface area contributed by atoms with Crippen LogP contribution in [0.15, 0.2) is 289 Å². The Bertz CT molecular complexity index is 4180. The van der Waals surface area contributed by atoms with Crippen LogP contribution in [0.25, 0.3) is 22.3 Å². The van der Waals surface area contributed by atoms with Gasteiger partial charge in [0.05, 0.1) is 16.2 Å². The van der Waals surface area contributed by atoms with Crippen LogP contribution in [0.2, 0.25) is 0 Å². The molecule has 0 saturated heterocycles. The molecule has 1 heteroatoms. The van der Waals surface area contributed by atoms with Gasteiger partial charge in [-0.05, 0) is 177 Å². The van der Waals surface area contributed by atoms with Crippen molar-refractivity contribution in [1.82, 2.24) is 0 Å². The lowest BCUT2D eigenvalue weighted by atomic mass is 9.66. The molecule has 0 aromatic heterocycles. The van der Waals surface area contributed by atoms with Crippen LogP contribution in [0.3, 0.4) is 0 Å². The number of allylic oxidation sites excluding steroid dienone is 11. The molecule has 8 aromatic carbocycles. The van der Waals surface area contributed by atoms with Gasteiger partial charge in [0.2, 0.25) is 0 Å². The maximum absolute atomic E-state index is 4.00. The van der Waals surface area contributed by atoms with Gasteiger partial charge in [-0.1, -0.05) is 259 Å². The number of hydrogen-bond donors (Lipinski definition) is 0. The van der Waals surface area contributed by atoms with Crippen LogP contribution in [-0.4, -0.2) is 6.54 Å². The number of rotatable bonds is 14. The Hall–Kier alpha value is -10.0. The normalized spacial score (nSPS) is 16.6. The second-order valence-corrected chi connectivity index (χ2v) is 21.3. The lowest BCUT2D eigenvalue weighted by Gasteiger charge is -2.36. The molecule has 4 aliphatic carbocycles. The molecule has 8 aromatic rings. The second-order valence-electron chi connectivity index (χ2n) is 21.3. The summed E-state index contributed by atoms with van der Waals surface area (Å²) in [6.45, 7) is 19.4. The predicted molar refractivity (Wildman–Crippen MR) is 373 cm³/mol. The first kappa shape index (κ1) is 61.5. The SMILES string of the molecule is C#C.CC.CC.CC#CCC1=C(C)C(c2ccccc2)(c2ccc(N(CC=C=CC(=C=CC)C3(c4ccccc4)C(/C=C\CC)=C(C)c4ccccc43)c3ccc(C4(C5=CC=CC#CC5)c5ccccc5-c5ccccc54)cc3)cc2)c2ccccc21. The average Bonchev–Trinajstić information content (AvgIpc) is 1.62. The molecule has 428 valence electrons. The maximum atomic E-state index is 4.00. The number of hydrogen-bond acceptors (Lipinski definition) is 1. The predicted octanol–water partition coefficient (Wildman–Crippen LogP) is 21.4. The Balaban J connectivity index is 0.00000146. The highest BCUT2D eigenvalue weighted by Gasteiger charge is 2.49. The Morgan fingerprint density at radius 1 is 0.586 bits per heavy atom. The van der Waals surface area contributed by atoms with Crippen molar-refractivity contribution in [3.63, 3.8) is 0 Å². The Morgan fingerprint density at radius 3 is 1.64 bits per heavy atom. The van der Waals surface area contributed by atoms with E-state index in [1.54, 1.807) is 0 Å². The molecule has 0 saturated carbocycles. The fourth-order valence-corrected chi connectivity index (χ4v) is 14.0. The largest absolute Gasteiger partial charge is 0.337 e. The zero-order chi connectivity index (χ0) is 61.4. The van der Waals surface area contributed by atoms with E-state index in [9.17, 15) is 0 Å². The molecule has 0 aliphatic heterocycles. The molecule has 2 atom stereocenters. The van der Waals surface area contributed by atoms with E-state index in [-0.39, 0.29) is 0 Å². The minimum atomic E-state index is -0.600. The van der Waals surface area contributed by atoms with Crippen molar-refractivity contribution in [2.75, 3.05) is 11.4 Å². The van der Waals surface area contributed by atoms with Crippen molar-refractivity contribution in [3.05, 3.63) is 344 Å². The van der Waals surface area contributed by atoms with Gasteiger partial charge in [0, 0.05) is 36.3 Å². The summed E-state index contributed by atoms with van der Waals surface area (Å²) in [7, 11) is 0. The van der Waals surface area contributed by atoms with E-state index in [1.807, 2.05) is 40.7 Å². The van der Waals surface area contributed by atoms with E-state index in [0.29, 0.717) is 19.4 Å². The zero-order valence-electron chi connectivity index (χ0n) is 52.2. The molecule has 12 rings (SSSR count). The minimum Gasteiger partial charge on any atom is -0.337 e. The number of anilines is 2.